The van der Waals surface area contributed by atoms with Crippen molar-refractivity contribution in [2.75, 3.05) is 11.4 Å². The summed E-state index contributed by atoms with van der Waals surface area (Å²) in [6, 6.07) is 4.30. The van der Waals surface area contributed by atoms with E-state index in [1.54, 1.807) is 17.6 Å². The number of anilines is 1. The molecule has 0 saturated carbocycles. The molecule has 180 valence electrons. The summed E-state index contributed by atoms with van der Waals surface area (Å²) in [4.78, 5) is 26.7. The molecule has 1 aromatic carbocycles. The van der Waals surface area contributed by atoms with Crippen LogP contribution in [-0.2, 0) is 13.2 Å². The van der Waals surface area contributed by atoms with Crippen LogP contribution in [0.25, 0.3) is 0 Å². The summed E-state index contributed by atoms with van der Waals surface area (Å²) in [5.74, 6) is -0.826. The van der Waals surface area contributed by atoms with Crippen molar-refractivity contribution < 1.29 is 18.3 Å². The number of ether oxygens (including phenoxy) is 2. The third-order valence-electron chi connectivity index (χ3n) is 5.74. The first kappa shape index (κ1) is 23.6. The summed E-state index contributed by atoms with van der Waals surface area (Å²) < 4.78 is 41.7. The van der Waals surface area contributed by atoms with Gasteiger partial charge in [-0.15, -0.1) is 0 Å². The van der Waals surface area contributed by atoms with Gasteiger partial charge in [0.1, 0.15) is 18.2 Å². The topological polar surface area (TPSA) is 82.4 Å². The van der Waals surface area contributed by atoms with Crippen LogP contribution in [-0.4, -0.2) is 32.1 Å². The van der Waals surface area contributed by atoms with E-state index in [2.05, 4.69) is 33.7 Å². The van der Waals surface area contributed by atoms with E-state index in [9.17, 15) is 13.6 Å². The van der Waals surface area contributed by atoms with Gasteiger partial charge in [-0.1, -0.05) is 13.8 Å². The number of hydrogen-bond donors (Lipinski definition) is 0. The van der Waals surface area contributed by atoms with E-state index in [0.717, 1.165) is 43.8 Å². The van der Waals surface area contributed by atoms with E-state index in [-0.39, 0.29) is 23.8 Å². The van der Waals surface area contributed by atoms with E-state index in [0.29, 0.717) is 18.4 Å². The molecule has 1 aliphatic heterocycles. The second-order valence-corrected chi connectivity index (χ2v) is 8.18. The quantitative estimate of drug-likeness (QED) is 0.482. The van der Waals surface area contributed by atoms with Crippen LogP contribution >= 0.6 is 0 Å². The zero-order chi connectivity index (χ0) is 24.2. The molecule has 1 unspecified atom stereocenters. The molecular formula is C24H27F2N5O3. The molecule has 0 N–H and O–H groups in total. The summed E-state index contributed by atoms with van der Waals surface area (Å²) in [6.07, 6.45) is 5.46. The molecular weight excluding hydrogens is 444 g/mol. The van der Waals surface area contributed by atoms with Gasteiger partial charge in [-0.2, -0.15) is 4.98 Å². The predicted molar refractivity (Wildman–Crippen MR) is 122 cm³/mol. The van der Waals surface area contributed by atoms with Gasteiger partial charge in [0.2, 0.25) is 5.88 Å². The smallest absolute Gasteiger partial charge is 0.352 e. The average Bonchev–Trinajstić information content (AvgIpc) is 2.82. The summed E-state index contributed by atoms with van der Waals surface area (Å²) in [6.45, 7) is 7.15. The van der Waals surface area contributed by atoms with Crippen LogP contribution in [0.3, 0.4) is 0 Å². The maximum atomic E-state index is 14.6. The summed E-state index contributed by atoms with van der Waals surface area (Å²) in [7, 11) is 0. The molecule has 0 radical (unpaired) electrons. The highest BCUT2D eigenvalue weighted by Gasteiger charge is 2.26. The van der Waals surface area contributed by atoms with Crippen molar-refractivity contribution in [3.05, 3.63) is 64.1 Å². The standard InChI is InChI=1S/C24H27F2N5O3/c1-4-7-30-17(5-2)6-8-31-22(30)11-21(29-24(31)32)33-14-16-9-19(25)23(20(26)10-16)34-18-12-27-15(3)28-13-18/h9-13,17H,4-8,14H2,1-3H3. The van der Waals surface area contributed by atoms with E-state index in [1.807, 2.05) is 0 Å². The van der Waals surface area contributed by atoms with Crippen molar-refractivity contribution in [1.82, 2.24) is 19.5 Å². The van der Waals surface area contributed by atoms with Crippen LogP contribution in [0.1, 0.15) is 44.5 Å². The Morgan fingerprint density at radius 3 is 2.47 bits per heavy atom. The fourth-order valence-corrected chi connectivity index (χ4v) is 4.08. The van der Waals surface area contributed by atoms with E-state index < -0.39 is 23.1 Å². The number of aryl methyl sites for hydroxylation is 1. The van der Waals surface area contributed by atoms with Crippen LogP contribution < -0.4 is 20.1 Å². The Bertz CT molecular complexity index is 1190. The molecule has 1 atom stereocenters. The van der Waals surface area contributed by atoms with Crippen LogP contribution in [0.2, 0.25) is 0 Å². The van der Waals surface area contributed by atoms with Gasteiger partial charge in [0.15, 0.2) is 23.1 Å². The molecule has 2 aromatic heterocycles. The minimum Gasteiger partial charge on any atom is -0.473 e. The number of fused-ring (bicyclic) bond motifs is 1. The molecule has 0 bridgehead atoms. The fraction of sp³-hybridized carbons (Fsp3) is 0.417. The number of rotatable bonds is 8. The Hall–Kier alpha value is -3.56. The molecule has 1 aliphatic rings. The normalized spacial score (nSPS) is 15.2. The Morgan fingerprint density at radius 2 is 1.82 bits per heavy atom. The molecule has 0 saturated heterocycles. The van der Waals surface area contributed by atoms with Gasteiger partial charge in [-0.05, 0) is 43.9 Å². The van der Waals surface area contributed by atoms with Gasteiger partial charge >= 0.3 is 5.69 Å². The van der Waals surface area contributed by atoms with Crippen LogP contribution in [0.5, 0.6) is 17.4 Å². The highest BCUT2D eigenvalue weighted by molar-refractivity contribution is 5.45. The SMILES string of the molecule is CCCN1c2cc(OCc3cc(F)c(Oc4cnc(C)nc4)c(F)c3)nc(=O)n2CCC1CC. The van der Waals surface area contributed by atoms with Gasteiger partial charge in [-0.25, -0.2) is 23.5 Å². The zero-order valence-corrected chi connectivity index (χ0v) is 19.4. The van der Waals surface area contributed by atoms with Crippen molar-refractivity contribution in [2.45, 2.75) is 59.2 Å². The Labute approximate surface area is 196 Å². The molecule has 0 amide bonds. The average molecular weight is 472 g/mol. The van der Waals surface area contributed by atoms with Crippen molar-refractivity contribution in [2.24, 2.45) is 0 Å². The highest BCUT2D eigenvalue weighted by Crippen LogP contribution is 2.30. The van der Waals surface area contributed by atoms with Crippen molar-refractivity contribution >= 4 is 5.82 Å². The summed E-state index contributed by atoms with van der Waals surface area (Å²) in [5.41, 5.74) is -0.163. The maximum absolute atomic E-state index is 14.6. The lowest BCUT2D eigenvalue weighted by Crippen LogP contribution is -2.45. The second kappa shape index (κ2) is 10.1. The number of hydrogen-bond acceptors (Lipinski definition) is 7. The molecule has 8 nitrogen and oxygen atoms in total. The highest BCUT2D eigenvalue weighted by atomic mass is 19.1. The molecule has 3 aromatic rings. The van der Waals surface area contributed by atoms with E-state index in [4.69, 9.17) is 9.47 Å². The van der Waals surface area contributed by atoms with Gasteiger partial charge in [0, 0.05) is 25.2 Å². The van der Waals surface area contributed by atoms with Gasteiger partial charge in [0.25, 0.3) is 0 Å². The minimum atomic E-state index is -0.891. The first-order valence-corrected chi connectivity index (χ1v) is 11.3. The van der Waals surface area contributed by atoms with Crippen molar-refractivity contribution in [1.29, 1.82) is 0 Å². The number of aromatic nitrogens is 4. The van der Waals surface area contributed by atoms with Gasteiger partial charge in [0.05, 0.1) is 12.4 Å². The first-order chi connectivity index (χ1) is 16.4. The minimum absolute atomic E-state index is 0.118. The summed E-state index contributed by atoms with van der Waals surface area (Å²) in [5, 5.41) is 0. The zero-order valence-electron chi connectivity index (χ0n) is 19.4. The van der Waals surface area contributed by atoms with Crippen LogP contribution in [0.15, 0.2) is 35.4 Å². The number of halogens is 2. The predicted octanol–water partition coefficient (Wildman–Crippen LogP) is 4.39. The third-order valence-corrected chi connectivity index (χ3v) is 5.74. The molecule has 0 spiro atoms. The lowest BCUT2D eigenvalue weighted by molar-refractivity contribution is 0.287. The molecule has 0 aliphatic carbocycles. The maximum Gasteiger partial charge on any atom is 0.352 e. The lowest BCUT2D eigenvalue weighted by atomic mass is 10.1. The van der Waals surface area contributed by atoms with E-state index >= 15 is 0 Å². The molecule has 3 heterocycles. The molecule has 4 rings (SSSR count). The fourth-order valence-electron chi connectivity index (χ4n) is 4.08. The van der Waals surface area contributed by atoms with E-state index in [1.165, 1.54) is 12.4 Å². The summed E-state index contributed by atoms with van der Waals surface area (Å²) >= 11 is 0. The second-order valence-electron chi connectivity index (χ2n) is 8.18. The van der Waals surface area contributed by atoms with Gasteiger partial charge < -0.3 is 14.4 Å². The first-order valence-electron chi connectivity index (χ1n) is 11.3. The van der Waals surface area contributed by atoms with Gasteiger partial charge in [-0.3, -0.25) is 4.57 Å². The molecule has 10 heteroatoms. The Balaban J connectivity index is 1.52. The monoisotopic (exact) mass is 471 g/mol. The molecule has 0 fully saturated rings. The Kier molecular flexibility index (Phi) is 7.04. The van der Waals surface area contributed by atoms with Crippen LogP contribution in [0, 0.1) is 18.6 Å². The number of benzene rings is 1. The van der Waals surface area contributed by atoms with Crippen LogP contribution in [0.4, 0.5) is 14.6 Å². The van der Waals surface area contributed by atoms with Crippen molar-refractivity contribution in [3.63, 3.8) is 0 Å². The Morgan fingerprint density at radius 1 is 1.12 bits per heavy atom. The molecule has 34 heavy (non-hydrogen) atoms. The number of nitrogens with zero attached hydrogens (tertiary/aromatic N) is 5. The largest absolute Gasteiger partial charge is 0.473 e. The lowest BCUT2D eigenvalue weighted by Gasteiger charge is -2.38. The van der Waals surface area contributed by atoms with Crippen molar-refractivity contribution in [3.8, 4) is 17.4 Å². The third kappa shape index (κ3) is 5.00.